The molecule has 0 atom stereocenters. The zero-order valence-electron chi connectivity index (χ0n) is 14.7. The second-order valence-electron chi connectivity index (χ2n) is 6.37. The van der Waals surface area contributed by atoms with Gasteiger partial charge in [-0.1, -0.05) is 12.1 Å². The zero-order chi connectivity index (χ0) is 19.0. The van der Waals surface area contributed by atoms with E-state index in [1.54, 1.807) is 18.2 Å². The molecule has 0 bridgehead atoms. The quantitative estimate of drug-likeness (QED) is 0.632. The van der Waals surface area contributed by atoms with Gasteiger partial charge in [-0.2, -0.15) is 0 Å². The molecule has 27 heavy (non-hydrogen) atoms. The zero-order valence-corrected chi connectivity index (χ0v) is 14.7. The van der Waals surface area contributed by atoms with E-state index in [1.165, 1.54) is 12.1 Å². The number of likely N-dealkylation sites (N-methyl/N-ethyl adjacent to an activating group) is 1. The van der Waals surface area contributed by atoms with Crippen molar-refractivity contribution in [2.45, 2.75) is 0 Å². The highest BCUT2D eigenvalue weighted by molar-refractivity contribution is 5.93. The average molecular weight is 362 g/mol. The van der Waals surface area contributed by atoms with Gasteiger partial charge in [0.2, 0.25) is 0 Å². The minimum absolute atomic E-state index is 0.437. The summed E-state index contributed by atoms with van der Waals surface area (Å²) in [7, 11) is 1.97. The van der Waals surface area contributed by atoms with Gasteiger partial charge >= 0.3 is 0 Å². The molecule has 1 aromatic heterocycles. The van der Waals surface area contributed by atoms with E-state index in [9.17, 15) is 8.78 Å². The minimum Gasteiger partial charge on any atom is -0.376 e. The first-order chi connectivity index (χ1) is 13.0. The summed E-state index contributed by atoms with van der Waals surface area (Å²) < 4.78 is 27.1. The van der Waals surface area contributed by atoms with Crippen LogP contribution in [-0.2, 0) is 0 Å². The summed E-state index contributed by atoms with van der Waals surface area (Å²) >= 11 is 0. The van der Waals surface area contributed by atoms with Gasteiger partial charge in [-0.3, -0.25) is 0 Å². The lowest BCUT2D eigenvalue weighted by atomic mass is 10.0. The Labute approximate surface area is 155 Å². The third kappa shape index (κ3) is 3.33. The van der Waals surface area contributed by atoms with Crippen molar-refractivity contribution in [2.75, 3.05) is 13.6 Å². The molecule has 0 N–H and O–H groups in total. The van der Waals surface area contributed by atoms with Crippen molar-refractivity contribution in [1.82, 2.24) is 14.9 Å². The molecule has 0 saturated heterocycles. The maximum Gasteiger partial charge on any atom is 0.163 e. The van der Waals surface area contributed by atoms with Gasteiger partial charge < -0.3 is 4.90 Å². The normalized spacial score (nSPS) is 13.7. The number of benzene rings is 2. The van der Waals surface area contributed by atoms with E-state index < -0.39 is 11.6 Å². The van der Waals surface area contributed by atoms with Crippen LogP contribution in [0.2, 0.25) is 0 Å². The SMILES string of the molecule is C=Nc1nc(C2=CC=CN(C)C2)nc2ccc(-c3cc(F)cc(F)c3)cc12. The van der Waals surface area contributed by atoms with E-state index in [-0.39, 0.29) is 0 Å². The summed E-state index contributed by atoms with van der Waals surface area (Å²) in [5.41, 5.74) is 2.76. The molecule has 6 heteroatoms. The number of halogens is 2. The third-order valence-corrected chi connectivity index (χ3v) is 4.37. The van der Waals surface area contributed by atoms with Gasteiger partial charge in [0.1, 0.15) is 11.6 Å². The molecular formula is C21H16F2N4. The summed E-state index contributed by atoms with van der Waals surface area (Å²) in [5, 5.41) is 0.677. The van der Waals surface area contributed by atoms with Crippen molar-refractivity contribution in [3.63, 3.8) is 0 Å². The molecular weight excluding hydrogens is 346 g/mol. The van der Waals surface area contributed by atoms with Crippen LogP contribution in [0.4, 0.5) is 14.6 Å². The van der Waals surface area contributed by atoms with Gasteiger partial charge in [0, 0.05) is 30.6 Å². The van der Waals surface area contributed by atoms with Crippen LogP contribution in [0.3, 0.4) is 0 Å². The molecule has 0 aliphatic carbocycles. The predicted octanol–water partition coefficient (Wildman–Crippen LogP) is 4.75. The van der Waals surface area contributed by atoms with Crippen molar-refractivity contribution in [1.29, 1.82) is 0 Å². The van der Waals surface area contributed by atoms with Crippen molar-refractivity contribution in [3.8, 4) is 11.1 Å². The highest BCUT2D eigenvalue weighted by Gasteiger charge is 2.14. The molecule has 0 fully saturated rings. The van der Waals surface area contributed by atoms with Crippen LogP contribution < -0.4 is 0 Å². The number of aromatic nitrogens is 2. The van der Waals surface area contributed by atoms with Gasteiger partial charge in [-0.15, -0.1) is 0 Å². The lowest BCUT2D eigenvalue weighted by molar-refractivity contribution is 0.511. The van der Waals surface area contributed by atoms with E-state index in [2.05, 4.69) is 21.7 Å². The van der Waals surface area contributed by atoms with Crippen LogP contribution in [0, 0.1) is 11.6 Å². The first-order valence-electron chi connectivity index (χ1n) is 8.36. The highest BCUT2D eigenvalue weighted by atomic mass is 19.1. The summed E-state index contributed by atoms with van der Waals surface area (Å²) in [4.78, 5) is 15.2. The number of allylic oxidation sites excluding steroid dienone is 2. The Bertz CT molecular complexity index is 1100. The predicted molar refractivity (Wildman–Crippen MR) is 104 cm³/mol. The van der Waals surface area contributed by atoms with E-state index in [4.69, 9.17) is 0 Å². The second-order valence-corrected chi connectivity index (χ2v) is 6.37. The fourth-order valence-electron chi connectivity index (χ4n) is 3.10. The minimum atomic E-state index is -0.625. The number of hydrogen-bond acceptors (Lipinski definition) is 4. The van der Waals surface area contributed by atoms with Crippen LogP contribution in [0.15, 0.2) is 59.7 Å². The summed E-state index contributed by atoms with van der Waals surface area (Å²) in [6.07, 6.45) is 5.88. The van der Waals surface area contributed by atoms with Gasteiger partial charge in [-0.25, -0.2) is 23.7 Å². The molecule has 0 radical (unpaired) electrons. The van der Waals surface area contributed by atoms with Crippen molar-refractivity contribution in [2.24, 2.45) is 4.99 Å². The summed E-state index contributed by atoms with van der Waals surface area (Å²) in [6.45, 7) is 4.30. The molecule has 1 aliphatic rings. The molecule has 4 rings (SSSR count). The van der Waals surface area contributed by atoms with Crippen LogP contribution in [0.25, 0.3) is 27.6 Å². The monoisotopic (exact) mass is 362 g/mol. The molecule has 0 spiro atoms. The molecule has 0 unspecified atom stereocenters. The first kappa shape index (κ1) is 17.0. The van der Waals surface area contributed by atoms with Gasteiger partial charge in [-0.05, 0) is 54.4 Å². The lowest BCUT2D eigenvalue weighted by Gasteiger charge is -2.19. The molecule has 1 aliphatic heterocycles. The Kier molecular flexibility index (Phi) is 4.24. The molecule has 0 amide bonds. The van der Waals surface area contributed by atoms with E-state index in [0.717, 1.165) is 11.6 Å². The molecule has 3 aromatic rings. The molecule has 0 saturated carbocycles. The third-order valence-electron chi connectivity index (χ3n) is 4.37. The Morgan fingerprint density at radius 1 is 1.04 bits per heavy atom. The molecule has 2 aromatic carbocycles. The number of hydrogen-bond donors (Lipinski definition) is 0. The largest absolute Gasteiger partial charge is 0.376 e. The standard InChI is InChI=1S/C21H16F2N4/c1-24-21-18-10-13(15-8-16(22)11-17(23)9-15)5-6-19(18)25-20(26-21)14-4-3-7-27(2)12-14/h3-11H,1,12H2,2H3. The Morgan fingerprint density at radius 3 is 2.52 bits per heavy atom. The lowest BCUT2D eigenvalue weighted by Crippen LogP contribution is -2.17. The number of aliphatic imine (C=N–C) groups is 1. The van der Waals surface area contributed by atoms with Crippen molar-refractivity contribution < 1.29 is 8.78 Å². The Hall–Kier alpha value is -3.41. The summed E-state index contributed by atoms with van der Waals surface area (Å²) in [5.74, 6) is -0.224. The van der Waals surface area contributed by atoms with Crippen molar-refractivity contribution >= 4 is 29.0 Å². The number of nitrogens with zero attached hydrogens (tertiary/aromatic N) is 4. The van der Waals surface area contributed by atoms with Crippen molar-refractivity contribution in [3.05, 3.63) is 72.2 Å². The number of fused-ring (bicyclic) bond motifs is 1. The molecule has 4 nitrogen and oxygen atoms in total. The van der Waals surface area contributed by atoms with Gasteiger partial charge in [0.05, 0.1) is 5.52 Å². The van der Waals surface area contributed by atoms with Gasteiger partial charge in [0.15, 0.2) is 11.6 Å². The smallest absolute Gasteiger partial charge is 0.163 e. The van der Waals surface area contributed by atoms with E-state index >= 15 is 0 Å². The number of rotatable bonds is 3. The second kappa shape index (κ2) is 6.72. The Morgan fingerprint density at radius 2 is 1.81 bits per heavy atom. The van der Waals surface area contributed by atoms with E-state index in [0.29, 0.717) is 40.2 Å². The molecule has 134 valence electrons. The van der Waals surface area contributed by atoms with Gasteiger partial charge in [0.25, 0.3) is 0 Å². The van der Waals surface area contributed by atoms with E-state index in [1.807, 2.05) is 30.3 Å². The van der Waals surface area contributed by atoms with Crippen LogP contribution in [0.1, 0.15) is 5.82 Å². The maximum absolute atomic E-state index is 13.6. The average Bonchev–Trinajstić information content (AvgIpc) is 2.66. The molecule has 2 heterocycles. The Balaban J connectivity index is 1.85. The highest BCUT2D eigenvalue weighted by Crippen LogP contribution is 2.31. The topological polar surface area (TPSA) is 41.4 Å². The summed E-state index contributed by atoms with van der Waals surface area (Å²) in [6, 6.07) is 8.78. The van der Waals surface area contributed by atoms with Crippen LogP contribution >= 0.6 is 0 Å². The van der Waals surface area contributed by atoms with Crippen LogP contribution in [-0.4, -0.2) is 35.2 Å². The van der Waals surface area contributed by atoms with Crippen LogP contribution in [0.5, 0.6) is 0 Å². The fraction of sp³-hybridized carbons (Fsp3) is 0.0952. The maximum atomic E-state index is 13.6. The first-order valence-corrected chi connectivity index (χ1v) is 8.36. The fourth-order valence-corrected chi connectivity index (χ4v) is 3.10.